The second-order valence-corrected chi connectivity index (χ2v) is 4.54. The molecule has 0 bridgehead atoms. The van der Waals surface area contributed by atoms with Gasteiger partial charge in [0.25, 0.3) is 0 Å². The van der Waals surface area contributed by atoms with Crippen molar-refractivity contribution in [1.82, 2.24) is 5.43 Å². The number of hydrogen-bond acceptors (Lipinski definition) is 5. The van der Waals surface area contributed by atoms with Gasteiger partial charge in [-0.1, -0.05) is 26.0 Å². The summed E-state index contributed by atoms with van der Waals surface area (Å²) in [6.07, 6.45) is 0.968. The van der Waals surface area contributed by atoms with Gasteiger partial charge in [-0.2, -0.15) is 0 Å². The first-order valence-electron chi connectivity index (χ1n) is 5.90. The molecule has 0 atom stereocenters. The van der Waals surface area contributed by atoms with Crippen molar-refractivity contribution < 1.29 is 14.6 Å². The maximum atomic E-state index is 10.7. The Balaban J connectivity index is 2.82. The summed E-state index contributed by atoms with van der Waals surface area (Å²) in [7, 11) is 0. The molecule has 1 aromatic carbocycles. The zero-order chi connectivity index (χ0) is 14.4. The fraction of sp³-hybridized carbons (Fsp3) is 0.308. The molecule has 0 aliphatic rings. The van der Waals surface area contributed by atoms with Gasteiger partial charge in [0, 0.05) is 0 Å². The number of hydrogen-bond donors (Lipinski definition) is 4. The first-order chi connectivity index (χ1) is 8.93. The van der Waals surface area contributed by atoms with Crippen LogP contribution in [0.1, 0.15) is 19.4 Å². The van der Waals surface area contributed by atoms with Gasteiger partial charge in [0.2, 0.25) is 5.88 Å². The van der Waals surface area contributed by atoms with Crippen molar-refractivity contribution >= 4 is 5.97 Å². The molecule has 0 aromatic heterocycles. The predicted octanol–water partition coefficient (Wildman–Crippen LogP) is 0.940. The fourth-order valence-electron chi connectivity index (χ4n) is 1.54. The molecule has 0 heterocycles. The minimum Gasteiger partial charge on any atom is -0.476 e. The van der Waals surface area contributed by atoms with E-state index in [1.54, 1.807) is 12.1 Å². The van der Waals surface area contributed by atoms with Gasteiger partial charge in [-0.15, -0.1) is 0 Å². The highest BCUT2D eigenvalue weighted by Gasteiger charge is 2.12. The number of carboxylic acids is 1. The van der Waals surface area contributed by atoms with Crippen molar-refractivity contribution in [2.45, 2.75) is 20.3 Å². The van der Waals surface area contributed by atoms with Crippen LogP contribution in [0.4, 0.5) is 0 Å². The molecular formula is C13H19N3O3. The number of carbonyl (C=O) groups is 1. The maximum Gasteiger partial charge on any atom is 0.357 e. The molecule has 0 saturated carbocycles. The van der Waals surface area contributed by atoms with Crippen molar-refractivity contribution in [3.63, 3.8) is 0 Å². The zero-order valence-corrected chi connectivity index (χ0v) is 11.0. The van der Waals surface area contributed by atoms with Gasteiger partial charge in [0.1, 0.15) is 5.75 Å². The molecule has 104 valence electrons. The van der Waals surface area contributed by atoms with Gasteiger partial charge in [-0.3, -0.25) is 5.43 Å². The third-order valence-electron chi connectivity index (χ3n) is 2.39. The van der Waals surface area contributed by atoms with E-state index in [1.807, 2.05) is 12.1 Å². The molecule has 0 amide bonds. The molecule has 0 saturated heterocycles. The van der Waals surface area contributed by atoms with Crippen LogP contribution in [-0.4, -0.2) is 11.1 Å². The summed E-state index contributed by atoms with van der Waals surface area (Å²) >= 11 is 0. The number of hydrazine groups is 1. The van der Waals surface area contributed by atoms with Crippen LogP contribution < -0.4 is 21.7 Å². The van der Waals surface area contributed by atoms with Crippen LogP contribution in [0.15, 0.2) is 35.8 Å². The largest absolute Gasteiger partial charge is 0.476 e. The van der Waals surface area contributed by atoms with Crippen molar-refractivity contribution in [2.24, 2.45) is 17.5 Å². The van der Waals surface area contributed by atoms with Crippen LogP contribution >= 0.6 is 0 Å². The van der Waals surface area contributed by atoms with E-state index in [1.165, 1.54) is 5.56 Å². The second kappa shape index (κ2) is 6.65. The Hall–Kier alpha value is -2.21. The van der Waals surface area contributed by atoms with E-state index in [-0.39, 0.29) is 5.88 Å². The molecule has 0 aliphatic carbocycles. The lowest BCUT2D eigenvalue weighted by Crippen LogP contribution is -2.31. The van der Waals surface area contributed by atoms with Gasteiger partial charge in [0.15, 0.2) is 5.70 Å². The van der Waals surface area contributed by atoms with Gasteiger partial charge in [-0.05, 0) is 30.0 Å². The van der Waals surface area contributed by atoms with E-state index in [0.717, 1.165) is 6.42 Å². The molecule has 0 spiro atoms. The minimum absolute atomic E-state index is 0.191. The summed E-state index contributed by atoms with van der Waals surface area (Å²) in [5, 5.41) is 8.75. The Labute approximate surface area is 112 Å². The van der Waals surface area contributed by atoms with Gasteiger partial charge in [0.05, 0.1) is 0 Å². The van der Waals surface area contributed by atoms with Crippen LogP contribution in [0.3, 0.4) is 0 Å². The maximum absolute atomic E-state index is 10.7. The molecular weight excluding hydrogens is 246 g/mol. The van der Waals surface area contributed by atoms with E-state index in [4.69, 9.17) is 21.4 Å². The first kappa shape index (κ1) is 14.8. The normalized spacial score (nSPS) is 12.0. The highest BCUT2D eigenvalue weighted by atomic mass is 16.5. The topological polar surface area (TPSA) is 111 Å². The SMILES string of the molecule is CC(C)Cc1ccc(O/C(NN)=C(/N)C(=O)O)cc1. The Kier molecular flexibility index (Phi) is 5.20. The molecule has 0 radical (unpaired) electrons. The van der Waals surface area contributed by atoms with E-state index < -0.39 is 11.7 Å². The van der Waals surface area contributed by atoms with Crippen molar-refractivity contribution in [3.05, 3.63) is 41.4 Å². The summed E-state index contributed by atoms with van der Waals surface area (Å²) in [6, 6.07) is 7.31. The lowest BCUT2D eigenvalue weighted by molar-refractivity contribution is -0.132. The molecule has 6 N–H and O–H groups in total. The van der Waals surface area contributed by atoms with Gasteiger partial charge in [-0.25, -0.2) is 10.6 Å². The summed E-state index contributed by atoms with van der Waals surface area (Å²) < 4.78 is 5.28. The van der Waals surface area contributed by atoms with Gasteiger partial charge < -0.3 is 15.6 Å². The van der Waals surface area contributed by atoms with E-state index >= 15 is 0 Å². The molecule has 0 fully saturated rings. The van der Waals surface area contributed by atoms with Crippen LogP contribution in [0.2, 0.25) is 0 Å². The van der Waals surface area contributed by atoms with E-state index in [9.17, 15) is 4.79 Å². The number of benzene rings is 1. The molecule has 1 aromatic rings. The van der Waals surface area contributed by atoms with Gasteiger partial charge >= 0.3 is 5.97 Å². The smallest absolute Gasteiger partial charge is 0.357 e. The predicted molar refractivity (Wildman–Crippen MR) is 71.8 cm³/mol. The number of nitrogens with two attached hydrogens (primary N) is 2. The number of rotatable bonds is 6. The van der Waals surface area contributed by atoms with Crippen LogP contribution in [0.25, 0.3) is 0 Å². The molecule has 6 nitrogen and oxygen atoms in total. The highest BCUT2D eigenvalue weighted by molar-refractivity contribution is 5.85. The van der Waals surface area contributed by atoms with Crippen molar-refractivity contribution in [3.8, 4) is 5.75 Å². The second-order valence-electron chi connectivity index (χ2n) is 4.54. The summed E-state index contributed by atoms with van der Waals surface area (Å²) in [4.78, 5) is 10.7. The summed E-state index contributed by atoms with van der Waals surface area (Å²) in [6.45, 7) is 4.27. The monoisotopic (exact) mass is 265 g/mol. The first-order valence-corrected chi connectivity index (χ1v) is 5.90. The number of nitrogens with one attached hydrogen (secondary N) is 1. The third kappa shape index (κ3) is 4.51. The summed E-state index contributed by atoms with van der Waals surface area (Å²) in [5.74, 6) is 4.71. The third-order valence-corrected chi connectivity index (χ3v) is 2.39. The molecule has 0 unspecified atom stereocenters. The number of carboxylic acid groups (broad SMARTS) is 1. The van der Waals surface area contributed by atoms with Crippen molar-refractivity contribution in [2.75, 3.05) is 0 Å². The summed E-state index contributed by atoms with van der Waals surface area (Å²) in [5.41, 5.74) is 8.16. The molecule has 19 heavy (non-hydrogen) atoms. The Morgan fingerprint density at radius 2 is 1.95 bits per heavy atom. The number of aliphatic carboxylic acids is 1. The Morgan fingerprint density at radius 1 is 1.37 bits per heavy atom. The van der Waals surface area contributed by atoms with Crippen LogP contribution in [-0.2, 0) is 11.2 Å². The number of ether oxygens (including phenoxy) is 1. The molecule has 1 rings (SSSR count). The molecule has 0 aliphatic heterocycles. The van der Waals surface area contributed by atoms with Crippen LogP contribution in [0.5, 0.6) is 5.75 Å². The minimum atomic E-state index is -1.30. The van der Waals surface area contributed by atoms with Crippen molar-refractivity contribution in [1.29, 1.82) is 0 Å². The average Bonchev–Trinajstić information content (AvgIpc) is 2.36. The highest BCUT2D eigenvalue weighted by Crippen LogP contribution is 2.17. The lowest BCUT2D eigenvalue weighted by Gasteiger charge is -2.11. The van der Waals surface area contributed by atoms with E-state index in [2.05, 4.69) is 19.3 Å². The fourth-order valence-corrected chi connectivity index (χ4v) is 1.54. The zero-order valence-electron chi connectivity index (χ0n) is 11.0. The lowest BCUT2D eigenvalue weighted by atomic mass is 10.0. The quantitative estimate of drug-likeness (QED) is 0.264. The Bertz CT molecular complexity index is 467. The Morgan fingerprint density at radius 3 is 2.37 bits per heavy atom. The van der Waals surface area contributed by atoms with E-state index in [0.29, 0.717) is 11.7 Å². The average molecular weight is 265 g/mol. The standard InChI is InChI=1S/C13H19N3O3/c1-8(2)7-9-3-5-10(6-4-9)19-12(16-15)11(14)13(17)18/h3-6,8,16H,7,14-15H2,1-2H3,(H,17,18)/b12-11+. The van der Waals surface area contributed by atoms with Crippen LogP contribution in [0, 0.1) is 5.92 Å². The molecule has 6 heteroatoms.